The quantitative estimate of drug-likeness (QED) is 0.567. The van der Waals surface area contributed by atoms with Crippen LogP contribution < -0.4 is 14.9 Å². The van der Waals surface area contributed by atoms with Gasteiger partial charge in [0.1, 0.15) is 17.8 Å². The van der Waals surface area contributed by atoms with Gasteiger partial charge in [0.15, 0.2) is 0 Å². The van der Waals surface area contributed by atoms with Crippen LogP contribution in [-0.2, 0) is 14.8 Å². The molecule has 1 aliphatic rings. The minimum atomic E-state index is -3.87. The third-order valence-electron chi connectivity index (χ3n) is 5.03. The molecule has 12 heteroatoms. The van der Waals surface area contributed by atoms with Crippen molar-refractivity contribution in [3.8, 4) is 0 Å². The summed E-state index contributed by atoms with van der Waals surface area (Å²) >= 11 is 0. The molecule has 0 aliphatic carbocycles. The van der Waals surface area contributed by atoms with E-state index in [1.807, 2.05) is 4.90 Å². The fraction of sp³-hybridized carbons (Fsp3) is 0.300. The van der Waals surface area contributed by atoms with Crippen LogP contribution in [0.15, 0.2) is 46.1 Å². The van der Waals surface area contributed by atoms with E-state index in [-0.39, 0.29) is 16.5 Å². The summed E-state index contributed by atoms with van der Waals surface area (Å²) in [6.45, 7) is 6.01. The number of nitrogens with zero attached hydrogens (tertiary/aromatic N) is 4. The highest BCUT2D eigenvalue weighted by molar-refractivity contribution is 7.92. The van der Waals surface area contributed by atoms with Gasteiger partial charge in [-0.2, -0.15) is 0 Å². The zero-order valence-electron chi connectivity index (χ0n) is 17.5. The second-order valence-corrected chi connectivity index (χ2v) is 8.85. The van der Waals surface area contributed by atoms with Crippen LogP contribution in [0.25, 0.3) is 0 Å². The SMILES string of the molecule is Cc1noc(NS(=O)(=O)c2ccc(NC(=O)c3cc(N4CCOCC4)ncn3)cc2)c1C. The third kappa shape index (κ3) is 4.70. The predicted octanol–water partition coefficient (Wildman–Crippen LogP) is 1.97. The summed E-state index contributed by atoms with van der Waals surface area (Å²) in [4.78, 5) is 22.9. The number of anilines is 3. The summed E-state index contributed by atoms with van der Waals surface area (Å²) in [5, 5.41) is 6.45. The number of aromatic nitrogens is 3. The predicted molar refractivity (Wildman–Crippen MR) is 116 cm³/mol. The number of rotatable bonds is 6. The van der Waals surface area contributed by atoms with Gasteiger partial charge >= 0.3 is 0 Å². The molecule has 1 amide bonds. The lowest BCUT2D eigenvalue weighted by Crippen LogP contribution is -2.37. The number of benzene rings is 1. The van der Waals surface area contributed by atoms with E-state index in [4.69, 9.17) is 9.26 Å². The first-order chi connectivity index (χ1) is 15.3. The second-order valence-electron chi connectivity index (χ2n) is 7.17. The first kappa shape index (κ1) is 21.7. The number of hydrogen-bond acceptors (Lipinski definition) is 9. The molecule has 0 spiro atoms. The molecule has 0 radical (unpaired) electrons. The number of sulfonamides is 1. The highest BCUT2D eigenvalue weighted by atomic mass is 32.2. The smallest absolute Gasteiger partial charge is 0.274 e. The molecular formula is C20H22N6O5S. The Morgan fingerprint density at radius 2 is 1.81 bits per heavy atom. The Morgan fingerprint density at radius 1 is 1.09 bits per heavy atom. The van der Waals surface area contributed by atoms with Gasteiger partial charge < -0.3 is 19.5 Å². The zero-order valence-corrected chi connectivity index (χ0v) is 18.3. The lowest BCUT2D eigenvalue weighted by atomic mass is 10.3. The molecule has 11 nitrogen and oxygen atoms in total. The number of amides is 1. The van der Waals surface area contributed by atoms with Crippen LogP contribution in [0.4, 0.5) is 17.4 Å². The minimum absolute atomic E-state index is 0.0144. The summed E-state index contributed by atoms with van der Waals surface area (Å²) in [5.41, 5.74) is 1.84. The highest BCUT2D eigenvalue weighted by Crippen LogP contribution is 2.23. The molecule has 32 heavy (non-hydrogen) atoms. The zero-order chi connectivity index (χ0) is 22.7. The highest BCUT2D eigenvalue weighted by Gasteiger charge is 2.20. The van der Waals surface area contributed by atoms with Crippen LogP contribution in [0.5, 0.6) is 0 Å². The lowest BCUT2D eigenvalue weighted by Gasteiger charge is -2.27. The van der Waals surface area contributed by atoms with Crippen molar-refractivity contribution < 1.29 is 22.5 Å². The summed E-state index contributed by atoms with van der Waals surface area (Å²) < 4.78 is 37.9. The molecule has 2 aromatic heterocycles. The standard InChI is InChI=1S/C20H22N6O5S/c1-13-14(2)24-31-20(13)25-32(28,29)16-5-3-15(4-6-16)23-19(27)17-11-18(22-12-21-17)26-7-9-30-10-8-26/h3-6,11-12,25H,7-10H2,1-2H3,(H,23,27). The second kappa shape index (κ2) is 8.93. The molecule has 0 atom stereocenters. The molecule has 1 fully saturated rings. The van der Waals surface area contributed by atoms with Crippen LogP contribution in [-0.4, -0.2) is 55.8 Å². The first-order valence-corrected chi connectivity index (χ1v) is 11.3. The fourth-order valence-corrected chi connectivity index (χ4v) is 4.09. The van der Waals surface area contributed by atoms with Gasteiger partial charge in [-0.3, -0.25) is 4.79 Å². The van der Waals surface area contributed by atoms with Crippen molar-refractivity contribution in [3.63, 3.8) is 0 Å². The van der Waals surface area contributed by atoms with Gasteiger partial charge in [-0.25, -0.2) is 23.1 Å². The number of ether oxygens (including phenoxy) is 1. The van der Waals surface area contributed by atoms with Crippen LogP contribution in [0.1, 0.15) is 21.7 Å². The van der Waals surface area contributed by atoms with E-state index in [0.29, 0.717) is 49.1 Å². The Morgan fingerprint density at radius 3 is 2.47 bits per heavy atom. The average molecular weight is 459 g/mol. The molecule has 1 aromatic carbocycles. The molecule has 1 saturated heterocycles. The molecule has 168 valence electrons. The molecule has 4 rings (SSSR count). The largest absolute Gasteiger partial charge is 0.378 e. The molecule has 0 saturated carbocycles. The van der Waals surface area contributed by atoms with Crippen LogP contribution in [0.3, 0.4) is 0 Å². The number of morpholine rings is 1. The van der Waals surface area contributed by atoms with E-state index in [1.54, 1.807) is 19.9 Å². The molecule has 3 aromatic rings. The minimum Gasteiger partial charge on any atom is -0.378 e. The molecule has 3 heterocycles. The molecule has 0 unspecified atom stereocenters. The van der Waals surface area contributed by atoms with Gasteiger partial charge in [-0.15, -0.1) is 0 Å². The van der Waals surface area contributed by atoms with Gasteiger partial charge in [0.2, 0.25) is 5.88 Å². The maximum atomic E-state index is 12.6. The van der Waals surface area contributed by atoms with Crippen LogP contribution in [0, 0.1) is 13.8 Å². The Labute approximate surface area is 184 Å². The summed E-state index contributed by atoms with van der Waals surface area (Å²) in [6.07, 6.45) is 1.34. The Kier molecular flexibility index (Phi) is 6.06. The number of carbonyl (C=O) groups excluding carboxylic acids is 1. The van der Waals surface area contributed by atoms with Crippen LogP contribution >= 0.6 is 0 Å². The normalized spacial score (nSPS) is 14.2. The van der Waals surface area contributed by atoms with Gasteiger partial charge in [0, 0.05) is 30.4 Å². The average Bonchev–Trinajstić information content (AvgIpc) is 3.12. The molecular weight excluding hydrogens is 436 g/mol. The fourth-order valence-electron chi connectivity index (χ4n) is 3.04. The number of hydrogen-bond donors (Lipinski definition) is 2. The van der Waals surface area contributed by atoms with E-state index < -0.39 is 15.9 Å². The maximum absolute atomic E-state index is 12.6. The van der Waals surface area contributed by atoms with Crippen molar-refractivity contribution in [1.29, 1.82) is 0 Å². The van der Waals surface area contributed by atoms with Crippen molar-refractivity contribution in [1.82, 2.24) is 15.1 Å². The maximum Gasteiger partial charge on any atom is 0.274 e. The van der Waals surface area contributed by atoms with Crippen LogP contribution in [0.2, 0.25) is 0 Å². The summed E-state index contributed by atoms with van der Waals surface area (Å²) in [5.74, 6) is 0.294. The summed E-state index contributed by atoms with van der Waals surface area (Å²) in [7, 11) is -3.87. The Hall–Kier alpha value is -3.51. The number of carbonyl (C=O) groups is 1. The topological polar surface area (TPSA) is 140 Å². The number of aryl methyl sites for hydroxylation is 1. The number of nitrogens with one attached hydrogen (secondary N) is 2. The van der Waals surface area contributed by atoms with E-state index in [1.165, 1.54) is 30.6 Å². The Balaban J connectivity index is 1.44. The first-order valence-electron chi connectivity index (χ1n) is 9.85. The van der Waals surface area contributed by atoms with Crippen molar-refractivity contribution >= 4 is 33.3 Å². The van der Waals surface area contributed by atoms with E-state index in [0.717, 1.165) is 0 Å². The van der Waals surface area contributed by atoms with Crippen molar-refractivity contribution in [3.05, 3.63) is 53.6 Å². The van der Waals surface area contributed by atoms with E-state index in [2.05, 4.69) is 25.2 Å². The Bertz CT molecular complexity index is 1220. The van der Waals surface area contributed by atoms with Gasteiger partial charge in [-0.05, 0) is 38.1 Å². The van der Waals surface area contributed by atoms with Gasteiger partial charge in [0.25, 0.3) is 15.9 Å². The van der Waals surface area contributed by atoms with E-state index in [9.17, 15) is 13.2 Å². The van der Waals surface area contributed by atoms with Crippen molar-refractivity contribution in [2.24, 2.45) is 0 Å². The van der Waals surface area contributed by atoms with Gasteiger partial charge in [0.05, 0.1) is 23.8 Å². The monoisotopic (exact) mass is 458 g/mol. The molecule has 0 bridgehead atoms. The van der Waals surface area contributed by atoms with Crippen molar-refractivity contribution in [2.75, 3.05) is 41.2 Å². The van der Waals surface area contributed by atoms with Crippen molar-refractivity contribution in [2.45, 2.75) is 18.7 Å². The van der Waals surface area contributed by atoms with E-state index >= 15 is 0 Å². The lowest BCUT2D eigenvalue weighted by molar-refractivity contribution is 0.102. The molecule has 1 aliphatic heterocycles. The van der Waals surface area contributed by atoms with Gasteiger partial charge in [-0.1, -0.05) is 5.16 Å². The third-order valence-corrected chi connectivity index (χ3v) is 6.37. The molecule has 2 N–H and O–H groups in total. The summed E-state index contributed by atoms with van der Waals surface area (Å²) in [6, 6.07) is 7.38.